The van der Waals surface area contributed by atoms with Gasteiger partial charge in [-0.25, -0.2) is 4.79 Å². The van der Waals surface area contributed by atoms with Crippen LogP contribution in [0, 0.1) is 0 Å². The predicted molar refractivity (Wildman–Crippen MR) is 85.4 cm³/mol. The third-order valence-corrected chi connectivity index (χ3v) is 3.63. The van der Waals surface area contributed by atoms with Gasteiger partial charge in [-0.05, 0) is 37.5 Å². The Balaban J connectivity index is 1.64. The maximum atomic E-state index is 11.8. The van der Waals surface area contributed by atoms with E-state index in [1.165, 1.54) is 17.0 Å². The van der Waals surface area contributed by atoms with Crippen LogP contribution in [-0.4, -0.2) is 35.8 Å². The first kappa shape index (κ1) is 16.8. The second-order valence-electron chi connectivity index (χ2n) is 5.52. The van der Waals surface area contributed by atoms with Crippen molar-refractivity contribution in [2.75, 3.05) is 24.6 Å². The fourth-order valence-electron chi connectivity index (χ4n) is 2.46. The zero-order valence-electron chi connectivity index (χ0n) is 12.9. The molecule has 7 heteroatoms. The van der Waals surface area contributed by atoms with Crippen LogP contribution in [0.15, 0.2) is 18.2 Å². The maximum Gasteiger partial charge on any atom is 0.338 e. The molecule has 1 heterocycles. The van der Waals surface area contributed by atoms with E-state index in [1.807, 2.05) is 0 Å². The van der Waals surface area contributed by atoms with E-state index in [2.05, 4.69) is 0 Å². The van der Waals surface area contributed by atoms with Gasteiger partial charge in [0.15, 0.2) is 0 Å². The number of amides is 2. The number of benzene rings is 1. The molecule has 0 aromatic heterocycles. The number of hydrogen-bond acceptors (Lipinski definition) is 6. The molecule has 1 aromatic rings. The Hall–Kier alpha value is -2.57. The number of esters is 1. The van der Waals surface area contributed by atoms with Crippen LogP contribution in [0.2, 0.25) is 0 Å². The van der Waals surface area contributed by atoms with Crippen molar-refractivity contribution in [3.05, 3.63) is 23.8 Å². The number of unbranched alkanes of at least 4 members (excludes halogenated alkanes) is 2. The number of carbonyl (C=O) groups excluding carboxylic acids is 3. The highest BCUT2D eigenvalue weighted by Gasteiger charge is 2.27. The molecule has 4 N–H and O–H groups in total. The first-order chi connectivity index (χ1) is 11.0. The molecule has 2 amide bonds. The number of carbonyl (C=O) groups is 3. The first-order valence-corrected chi connectivity index (χ1v) is 7.64. The second kappa shape index (κ2) is 7.62. The number of anilines is 2. The van der Waals surface area contributed by atoms with Crippen LogP contribution in [0.3, 0.4) is 0 Å². The summed E-state index contributed by atoms with van der Waals surface area (Å²) in [6, 6.07) is 4.60. The summed E-state index contributed by atoms with van der Waals surface area (Å²) in [6.07, 6.45) is 2.78. The molecule has 0 atom stereocenters. The summed E-state index contributed by atoms with van der Waals surface area (Å²) in [5.41, 5.74) is 12.4. The average molecular weight is 319 g/mol. The largest absolute Gasteiger partial charge is 0.462 e. The van der Waals surface area contributed by atoms with E-state index in [-0.39, 0.29) is 18.4 Å². The van der Waals surface area contributed by atoms with E-state index < -0.39 is 5.97 Å². The molecule has 0 spiro atoms. The Labute approximate surface area is 134 Å². The highest BCUT2D eigenvalue weighted by atomic mass is 16.5. The standard InChI is InChI=1S/C16H21N3O4/c17-12-8-11(9-13(18)10-12)16(22)23-7-3-1-2-6-19-14(20)4-5-15(19)21/h8-10H,1-7,17-18H2. The molecule has 0 bridgehead atoms. The van der Waals surface area contributed by atoms with Crippen LogP contribution in [0.25, 0.3) is 0 Å². The highest BCUT2D eigenvalue weighted by molar-refractivity contribution is 6.01. The monoisotopic (exact) mass is 319 g/mol. The van der Waals surface area contributed by atoms with Crippen molar-refractivity contribution in [1.82, 2.24) is 4.90 Å². The quantitative estimate of drug-likeness (QED) is 0.339. The lowest BCUT2D eigenvalue weighted by Gasteiger charge is -2.13. The first-order valence-electron chi connectivity index (χ1n) is 7.64. The van der Waals surface area contributed by atoms with Crippen molar-refractivity contribution in [1.29, 1.82) is 0 Å². The molecule has 0 radical (unpaired) electrons. The molecule has 7 nitrogen and oxygen atoms in total. The highest BCUT2D eigenvalue weighted by Crippen LogP contribution is 2.15. The van der Waals surface area contributed by atoms with E-state index in [9.17, 15) is 14.4 Å². The zero-order valence-corrected chi connectivity index (χ0v) is 12.9. The molecule has 0 aliphatic carbocycles. The molecule has 23 heavy (non-hydrogen) atoms. The molecule has 0 unspecified atom stereocenters. The average Bonchev–Trinajstić information content (AvgIpc) is 2.81. The molecular formula is C16H21N3O4. The van der Waals surface area contributed by atoms with E-state index >= 15 is 0 Å². The number of ether oxygens (including phenoxy) is 1. The molecular weight excluding hydrogens is 298 g/mol. The summed E-state index contributed by atoms with van der Waals surface area (Å²) in [4.78, 5) is 36.0. The van der Waals surface area contributed by atoms with E-state index in [0.29, 0.717) is 49.2 Å². The van der Waals surface area contributed by atoms with Gasteiger partial charge >= 0.3 is 5.97 Å². The van der Waals surface area contributed by atoms with Gasteiger partial charge < -0.3 is 16.2 Å². The predicted octanol–water partition coefficient (Wildman–Crippen LogP) is 1.33. The van der Waals surface area contributed by atoms with Gasteiger partial charge in [-0.15, -0.1) is 0 Å². The maximum absolute atomic E-state index is 11.8. The van der Waals surface area contributed by atoms with Crippen molar-refractivity contribution in [2.45, 2.75) is 32.1 Å². The van der Waals surface area contributed by atoms with Crippen LogP contribution >= 0.6 is 0 Å². The van der Waals surface area contributed by atoms with Gasteiger partial charge in [-0.3, -0.25) is 14.5 Å². The third-order valence-electron chi connectivity index (χ3n) is 3.63. The van der Waals surface area contributed by atoms with Gasteiger partial charge in [0.05, 0.1) is 12.2 Å². The number of nitrogens with two attached hydrogens (primary N) is 2. The molecule has 1 aromatic carbocycles. The van der Waals surface area contributed by atoms with Crippen LogP contribution in [0.4, 0.5) is 11.4 Å². The molecule has 1 aliphatic rings. The second-order valence-corrected chi connectivity index (χ2v) is 5.52. The van der Waals surface area contributed by atoms with Crippen molar-refractivity contribution in [3.63, 3.8) is 0 Å². The van der Waals surface area contributed by atoms with Gasteiger partial charge in [0, 0.05) is 30.8 Å². The Morgan fingerprint density at radius 1 is 1.00 bits per heavy atom. The third kappa shape index (κ3) is 4.70. The Morgan fingerprint density at radius 3 is 2.22 bits per heavy atom. The van der Waals surface area contributed by atoms with E-state index in [0.717, 1.165) is 6.42 Å². The molecule has 0 saturated carbocycles. The number of hydrogen-bond donors (Lipinski definition) is 2. The lowest BCUT2D eigenvalue weighted by molar-refractivity contribution is -0.138. The number of imide groups is 1. The molecule has 124 valence electrons. The lowest BCUT2D eigenvalue weighted by atomic mass is 10.2. The normalized spacial score (nSPS) is 14.3. The smallest absolute Gasteiger partial charge is 0.338 e. The van der Waals surface area contributed by atoms with Gasteiger partial charge in [0.2, 0.25) is 11.8 Å². The summed E-state index contributed by atoms with van der Waals surface area (Å²) in [5, 5.41) is 0. The van der Waals surface area contributed by atoms with Gasteiger partial charge in [-0.1, -0.05) is 0 Å². The summed E-state index contributed by atoms with van der Waals surface area (Å²) in [5.74, 6) is -0.657. The SMILES string of the molecule is Nc1cc(N)cc(C(=O)OCCCCCN2C(=O)CCC2=O)c1. The topological polar surface area (TPSA) is 116 Å². The number of likely N-dealkylation sites (tertiary alicyclic amines) is 1. The van der Waals surface area contributed by atoms with Crippen molar-refractivity contribution in [3.8, 4) is 0 Å². The van der Waals surface area contributed by atoms with Gasteiger partial charge in [-0.2, -0.15) is 0 Å². The van der Waals surface area contributed by atoms with Gasteiger partial charge in [0.25, 0.3) is 0 Å². The number of rotatable bonds is 7. The van der Waals surface area contributed by atoms with Crippen molar-refractivity contribution in [2.24, 2.45) is 0 Å². The van der Waals surface area contributed by atoms with Crippen LogP contribution in [0.1, 0.15) is 42.5 Å². The molecule has 2 rings (SSSR count). The molecule has 1 fully saturated rings. The van der Waals surface area contributed by atoms with Gasteiger partial charge in [0.1, 0.15) is 0 Å². The van der Waals surface area contributed by atoms with Crippen molar-refractivity contribution < 1.29 is 19.1 Å². The van der Waals surface area contributed by atoms with Crippen LogP contribution in [0.5, 0.6) is 0 Å². The van der Waals surface area contributed by atoms with Crippen molar-refractivity contribution >= 4 is 29.2 Å². The Kier molecular flexibility index (Phi) is 5.56. The summed E-state index contributed by atoms with van der Waals surface area (Å²) in [7, 11) is 0. The van der Waals surface area contributed by atoms with Crippen LogP contribution < -0.4 is 11.5 Å². The summed E-state index contributed by atoms with van der Waals surface area (Å²) >= 11 is 0. The van der Waals surface area contributed by atoms with E-state index in [1.54, 1.807) is 6.07 Å². The Bertz CT molecular complexity index is 579. The zero-order chi connectivity index (χ0) is 16.8. The minimum atomic E-state index is -0.464. The lowest BCUT2D eigenvalue weighted by Crippen LogP contribution is -2.29. The number of nitrogen functional groups attached to an aromatic ring is 2. The van der Waals surface area contributed by atoms with E-state index in [4.69, 9.17) is 16.2 Å². The fraction of sp³-hybridized carbons (Fsp3) is 0.438. The molecule has 1 aliphatic heterocycles. The van der Waals surface area contributed by atoms with Crippen LogP contribution in [-0.2, 0) is 14.3 Å². The molecule has 1 saturated heterocycles. The minimum absolute atomic E-state index is 0.0966. The summed E-state index contributed by atoms with van der Waals surface area (Å²) < 4.78 is 5.15. The minimum Gasteiger partial charge on any atom is -0.462 e. The Morgan fingerprint density at radius 2 is 1.61 bits per heavy atom. The summed E-state index contributed by atoms with van der Waals surface area (Å²) in [6.45, 7) is 0.715. The fourth-order valence-corrected chi connectivity index (χ4v) is 2.46. The number of nitrogens with zero attached hydrogens (tertiary/aromatic N) is 1.